The second-order valence-corrected chi connectivity index (χ2v) is 13.2. The third-order valence-electron chi connectivity index (χ3n) is 6.90. The van der Waals surface area contributed by atoms with Crippen molar-refractivity contribution in [2.75, 3.05) is 19.8 Å². The van der Waals surface area contributed by atoms with E-state index in [1.807, 2.05) is 41.5 Å². The van der Waals surface area contributed by atoms with E-state index in [2.05, 4.69) is 0 Å². The zero-order valence-electron chi connectivity index (χ0n) is 29.7. The van der Waals surface area contributed by atoms with Crippen molar-refractivity contribution in [1.29, 1.82) is 0 Å². The molecule has 0 amide bonds. The summed E-state index contributed by atoms with van der Waals surface area (Å²) in [4.78, 5) is 0. The van der Waals surface area contributed by atoms with Crippen LogP contribution in [0.4, 0.5) is 0 Å². The van der Waals surface area contributed by atoms with Gasteiger partial charge < -0.3 is 89.0 Å². The SMILES string of the molecule is C.C.C.CC(C)COC1OC(CO)C(O)C1O.CC(C)OC1OC(CO)CC1O.CC(C)OC1OC(O)C(O)C1O.CC(C)OC1OC(O)CC1O. The molecule has 0 saturated carbocycles. The number of rotatable bonds is 11. The van der Waals surface area contributed by atoms with Gasteiger partial charge in [0.05, 0.1) is 44.2 Å². The van der Waals surface area contributed by atoms with Crippen molar-refractivity contribution in [2.45, 2.75) is 195 Å². The molecule has 4 fully saturated rings. The number of ether oxygens (including phenoxy) is 8. The van der Waals surface area contributed by atoms with E-state index in [9.17, 15) is 25.5 Å². The van der Waals surface area contributed by atoms with E-state index < -0.39 is 80.5 Å². The Morgan fingerprint density at radius 2 is 0.981 bits per heavy atom. The zero-order chi connectivity index (χ0) is 37.6. The second-order valence-electron chi connectivity index (χ2n) is 13.2. The number of hydrogen-bond acceptors (Lipinski definition) is 18. The maximum absolute atomic E-state index is 9.46. The maximum atomic E-state index is 9.46. The van der Waals surface area contributed by atoms with Crippen LogP contribution < -0.4 is 0 Å². The van der Waals surface area contributed by atoms with Gasteiger partial charge in [-0.15, -0.1) is 0 Å². The van der Waals surface area contributed by atoms with Gasteiger partial charge in [0, 0.05) is 12.8 Å². The Morgan fingerprint density at radius 3 is 1.33 bits per heavy atom. The van der Waals surface area contributed by atoms with E-state index in [1.54, 1.807) is 13.8 Å². The summed E-state index contributed by atoms with van der Waals surface area (Å²) in [6.07, 6.45) is -11.6. The molecule has 0 aromatic rings. The Hall–Kier alpha value is -0.720. The van der Waals surface area contributed by atoms with Crippen LogP contribution >= 0.6 is 0 Å². The van der Waals surface area contributed by atoms with Crippen LogP contribution in [0.1, 0.15) is 90.5 Å². The van der Waals surface area contributed by atoms with Crippen molar-refractivity contribution in [3.05, 3.63) is 0 Å². The Bertz CT molecular complexity index is 851. The van der Waals surface area contributed by atoms with Crippen molar-refractivity contribution < 1.29 is 89.0 Å². The summed E-state index contributed by atoms with van der Waals surface area (Å²) >= 11 is 0. The molecule has 0 bridgehead atoms. The number of hydrogen-bond donors (Lipinski definition) is 10. The van der Waals surface area contributed by atoms with Crippen molar-refractivity contribution in [2.24, 2.45) is 5.92 Å². The first-order valence-corrected chi connectivity index (χ1v) is 16.7. The maximum Gasteiger partial charge on any atom is 0.189 e. The van der Waals surface area contributed by atoms with Gasteiger partial charge in [-0.1, -0.05) is 36.1 Å². The highest BCUT2D eigenvalue weighted by atomic mass is 16.8. The van der Waals surface area contributed by atoms with Gasteiger partial charge in [-0.05, 0) is 47.5 Å². The Balaban J connectivity index is -0.000000606. The monoisotopic (exact) mass is 770 g/mol. The molecule has 10 N–H and O–H groups in total. The average molecular weight is 771 g/mol. The van der Waals surface area contributed by atoms with Crippen molar-refractivity contribution in [3.8, 4) is 0 Å². The lowest BCUT2D eigenvalue weighted by Gasteiger charge is -2.17. The van der Waals surface area contributed by atoms with Crippen LogP contribution in [-0.2, 0) is 37.9 Å². The van der Waals surface area contributed by atoms with Crippen molar-refractivity contribution in [1.82, 2.24) is 0 Å². The topological polar surface area (TPSA) is 276 Å². The summed E-state index contributed by atoms with van der Waals surface area (Å²) in [6.45, 7) is 15.0. The summed E-state index contributed by atoms with van der Waals surface area (Å²) in [5.74, 6) is 0.330. The minimum Gasteiger partial charge on any atom is -0.394 e. The van der Waals surface area contributed by atoms with Crippen LogP contribution in [0, 0.1) is 5.92 Å². The highest BCUT2D eigenvalue weighted by molar-refractivity contribution is 4.86. The molecule has 318 valence electrons. The molecule has 14 unspecified atom stereocenters. The lowest BCUT2D eigenvalue weighted by atomic mass is 10.1. The van der Waals surface area contributed by atoms with Crippen LogP contribution in [0.5, 0.6) is 0 Å². The lowest BCUT2D eigenvalue weighted by molar-refractivity contribution is -0.217. The Morgan fingerprint density at radius 1 is 0.519 bits per heavy atom. The van der Waals surface area contributed by atoms with E-state index in [0.29, 0.717) is 18.9 Å². The highest BCUT2D eigenvalue weighted by Crippen LogP contribution is 2.24. The van der Waals surface area contributed by atoms with E-state index in [0.717, 1.165) is 0 Å². The molecule has 14 atom stereocenters. The summed E-state index contributed by atoms with van der Waals surface area (Å²) in [5.41, 5.74) is 0. The first-order valence-electron chi connectivity index (χ1n) is 16.7. The van der Waals surface area contributed by atoms with Crippen LogP contribution in [0.3, 0.4) is 0 Å². The molecule has 18 nitrogen and oxygen atoms in total. The molecular formula is C34H74O18. The van der Waals surface area contributed by atoms with Crippen LogP contribution in [0.2, 0.25) is 0 Å². The second kappa shape index (κ2) is 27.8. The van der Waals surface area contributed by atoms with Crippen LogP contribution in [-0.4, -0.2) is 176 Å². The molecule has 52 heavy (non-hydrogen) atoms. The van der Waals surface area contributed by atoms with E-state index >= 15 is 0 Å². The standard InChI is InChI=1S/C9H18O5.C8H16O4.C7H14O5.C7H14O4.3CH4/c1-5(2)4-13-9-8(12)7(11)6(3-10)14-9;1-5(2)11-8-7(10)3-6(4-9)12-8;1-3(2)11-7-5(9)4(8)6(10)12-7;1-4(2)10-7-5(8)3-6(9)11-7;;;/h5-12H,3-4H2,1-2H3;5-10H,3-4H2,1-2H3;3-10H,1-2H3;4-9H,3H2,1-2H3;3*1H4. The van der Waals surface area contributed by atoms with Gasteiger partial charge in [0.2, 0.25) is 0 Å². The normalized spacial score (nSPS) is 36.6. The van der Waals surface area contributed by atoms with Gasteiger partial charge in [-0.3, -0.25) is 0 Å². The first kappa shape index (κ1) is 55.6. The number of aliphatic hydroxyl groups is 10. The predicted molar refractivity (Wildman–Crippen MR) is 188 cm³/mol. The lowest BCUT2D eigenvalue weighted by Crippen LogP contribution is -2.34. The summed E-state index contributed by atoms with van der Waals surface area (Å²) in [7, 11) is 0. The molecule has 0 aliphatic carbocycles. The first-order chi connectivity index (χ1) is 22.8. The van der Waals surface area contributed by atoms with Crippen molar-refractivity contribution >= 4 is 0 Å². The highest BCUT2D eigenvalue weighted by Gasteiger charge is 2.44. The molecule has 0 spiro atoms. The molecular weight excluding hydrogens is 696 g/mol. The smallest absolute Gasteiger partial charge is 0.189 e. The van der Waals surface area contributed by atoms with Gasteiger partial charge in [0.25, 0.3) is 0 Å². The molecule has 0 radical (unpaired) electrons. The third-order valence-corrected chi connectivity index (χ3v) is 6.90. The predicted octanol–water partition coefficient (Wildman–Crippen LogP) is -0.469. The van der Waals surface area contributed by atoms with Gasteiger partial charge in [-0.2, -0.15) is 0 Å². The van der Waals surface area contributed by atoms with Crippen LogP contribution in [0.25, 0.3) is 0 Å². The molecule has 4 heterocycles. The molecule has 4 aliphatic rings. The van der Waals surface area contributed by atoms with Crippen molar-refractivity contribution in [3.63, 3.8) is 0 Å². The number of aliphatic hydroxyl groups excluding tert-OH is 10. The van der Waals surface area contributed by atoms with Gasteiger partial charge in [-0.25, -0.2) is 0 Å². The van der Waals surface area contributed by atoms with E-state index in [-0.39, 0.29) is 66.3 Å². The average Bonchev–Trinajstić information content (AvgIpc) is 3.68. The quantitative estimate of drug-likeness (QED) is 0.127. The van der Waals surface area contributed by atoms with Gasteiger partial charge in [0.15, 0.2) is 37.7 Å². The fourth-order valence-corrected chi connectivity index (χ4v) is 4.53. The van der Waals surface area contributed by atoms with Gasteiger partial charge in [0.1, 0.15) is 42.7 Å². The molecule has 4 rings (SSSR count). The fraction of sp³-hybridized carbons (Fsp3) is 1.00. The largest absolute Gasteiger partial charge is 0.394 e. The summed E-state index contributed by atoms with van der Waals surface area (Å²) in [6, 6.07) is 0. The zero-order valence-corrected chi connectivity index (χ0v) is 29.7. The minimum atomic E-state index is -1.36. The minimum absolute atomic E-state index is 0. The molecule has 0 aromatic carbocycles. The molecule has 0 aromatic heterocycles. The third kappa shape index (κ3) is 19.7. The van der Waals surface area contributed by atoms with Crippen LogP contribution in [0.15, 0.2) is 0 Å². The Kier molecular flexibility index (Phi) is 29.7. The Labute approximate surface area is 310 Å². The van der Waals surface area contributed by atoms with Gasteiger partial charge >= 0.3 is 0 Å². The molecule has 4 saturated heterocycles. The molecule has 4 aliphatic heterocycles. The van der Waals surface area contributed by atoms with E-state index in [4.69, 9.17) is 63.4 Å². The van der Waals surface area contributed by atoms with E-state index in [1.165, 1.54) is 0 Å². The summed E-state index contributed by atoms with van der Waals surface area (Å²) in [5, 5.41) is 91.1. The summed E-state index contributed by atoms with van der Waals surface area (Å²) < 4.78 is 40.7. The molecule has 18 heteroatoms. The fourth-order valence-electron chi connectivity index (χ4n) is 4.53.